The van der Waals surface area contributed by atoms with Gasteiger partial charge >= 0.3 is 0 Å². The monoisotopic (exact) mass is 419 g/mol. The molecule has 1 amide bonds. The van der Waals surface area contributed by atoms with Crippen molar-refractivity contribution in [1.29, 1.82) is 0 Å². The summed E-state index contributed by atoms with van der Waals surface area (Å²) in [4.78, 5) is 35.8. The molecule has 1 saturated heterocycles. The van der Waals surface area contributed by atoms with Crippen LogP contribution in [0.15, 0.2) is 48.8 Å². The van der Waals surface area contributed by atoms with Crippen LogP contribution < -0.4 is 14.2 Å². The molecule has 2 aromatic carbocycles. The molecule has 0 spiro atoms. The topological polar surface area (TPSA) is 90.9 Å². The zero-order chi connectivity index (χ0) is 21.2. The number of amides is 1. The van der Waals surface area contributed by atoms with Gasteiger partial charge < -0.3 is 19.1 Å². The van der Waals surface area contributed by atoms with Gasteiger partial charge in [-0.15, -0.1) is 0 Å². The van der Waals surface area contributed by atoms with Crippen molar-refractivity contribution >= 4 is 22.6 Å². The van der Waals surface area contributed by atoms with E-state index in [1.54, 1.807) is 23.1 Å². The lowest BCUT2D eigenvalue weighted by atomic mass is 9.90. The molecule has 1 atom stereocenters. The van der Waals surface area contributed by atoms with Crippen LogP contribution in [0, 0.1) is 5.92 Å². The van der Waals surface area contributed by atoms with Gasteiger partial charge in [0.2, 0.25) is 12.7 Å². The molecule has 3 heterocycles. The van der Waals surface area contributed by atoms with E-state index in [2.05, 4.69) is 9.97 Å². The Morgan fingerprint density at radius 2 is 1.97 bits per heavy atom. The lowest BCUT2D eigenvalue weighted by Gasteiger charge is -2.32. The van der Waals surface area contributed by atoms with Gasteiger partial charge in [-0.2, -0.15) is 0 Å². The number of hydrogen-bond acceptors (Lipinski definition) is 7. The quantitative estimate of drug-likeness (QED) is 0.587. The van der Waals surface area contributed by atoms with E-state index in [1.165, 1.54) is 6.33 Å². The fourth-order valence-corrected chi connectivity index (χ4v) is 4.02. The number of fused-ring (bicyclic) bond motifs is 2. The van der Waals surface area contributed by atoms with Crippen LogP contribution in [0.5, 0.6) is 17.4 Å². The maximum Gasteiger partial charge on any atom is 0.260 e. The molecule has 2 aliphatic rings. The highest BCUT2D eigenvalue weighted by molar-refractivity contribution is 5.99. The number of nitrogens with zero attached hydrogens (tertiary/aromatic N) is 3. The summed E-state index contributed by atoms with van der Waals surface area (Å²) in [7, 11) is 0. The van der Waals surface area contributed by atoms with Crippen molar-refractivity contribution in [3.05, 3.63) is 54.4 Å². The van der Waals surface area contributed by atoms with E-state index in [0.717, 1.165) is 23.7 Å². The van der Waals surface area contributed by atoms with E-state index in [4.69, 9.17) is 14.2 Å². The molecule has 0 aliphatic carbocycles. The van der Waals surface area contributed by atoms with Crippen molar-refractivity contribution in [2.24, 2.45) is 5.92 Å². The zero-order valence-corrected chi connectivity index (χ0v) is 16.8. The van der Waals surface area contributed by atoms with Crippen LogP contribution in [0.2, 0.25) is 0 Å². The smallest absolute Gasteiger partial charge is 0.260 e. The molecule has 158 valence electrons. The number of Topliss-reactive ketones (excluding diaryl/α,β-unsaturated/α-hetero) is 1. The van der Waals surface area contributed by atoms with E-state index >= 15 is 0 Å². The van der Waals surface area contributed by atoms with Gasteiger partial charge in [-0.1, -0.05) is 12.1 Å². The highest BCUT2D eigenvalue weighted by Crippen LogP contribution is 2.34. The molecule has 3 aromatic rings. The van der Waals surface area contributed by atoms with Crippen LogP contribution in [0.1, 0.15) is 23.2 Å². The fourth-order valence-electron chi connectivity index (χ4n) is 4.02. The van der Waals surface area contributed by atoms with Crippen LogP contribution in [0.3, 0.4) is 0 Å². The first-order chi connectivity index (χ1) is 15.2. The van der Waals surface area contributed by atoms with Gasteiger partial charge in [-0.05, 0) is 43.2 Å². The summed E-state index contributed by atoms with van der Waals surface area (Å²) in [6.07, 6.45) is 2.93. The number of ketones is 1. The number of carbonyl (C=O) groups is 2. The molecule has 31 heavy (non-hydrogen) atoms. The van der Waals surface area contributed by atoms with Gasteiger partial charge in [-0.3, -0.25) is 9.59 Å². The van der Waals surface area contributed by atoms with Crippen molar-refractivity contribution in [3.8, 4) is 17.4 Å². The Bertz CT molecular complexity index is 1140. The average molecular weight is 419 g/mol. The van der Waals surface area contributed by atoms with E-state index in [1.807, 2.05) is 24.3 Å². The number of benzene rings is 2. The number of aromatic nitrogens is 2. The van der Waals surface area contributed by atoms with Crippen molar-refractivity contribution < 1.29 is 23.8 Å². The highest BCUT2D eigenvalue weighted by atomic mass is 16.7. The first kappa shape index (κ1) is 19.3. The number of likely N-dealkylation sites (tertiary alicyclic amines) is 1. The van der Waals surface area contributed by atoms with E-state index < -0.39 is 0 Å². The largest absolute Gasteiger partial charge is 0.467 e. The molecule has 8 nitrogen and oxygen atoms in total. The number of hydrogen-bond donors (Lipinski definition) is 0. The van der Waals surface area contributed by atoms with Crippen LogP contribution in [0.4, 0.5) is 0 Å². The molecule has 1 fully saturated rings. The number of rotatable bonds is 5. The molecule has 8 heteroatoms. The summed E-state index contributed by atoms with van der Waals surface area (Å²) in [6.45, 7) is 1.02. The minimum Gasteiger partial charge on any atom is -0.467 e. The first-order valence-electron chi connectivity index (χ1n) is 10.2. The summed E-state index contributed by atoms with van der Waals surface area (Å²) < 4.78 is 16.4. The standard InChI is InChI=1S/C23H21N3O5/c27-21(12-29-23-17-5-1-2-6-18(17)24-13-25-23)26-9-3-4-16(11-26)22(28)15-7-8-19-20(10-15)31-14-30-19/h1-2,5-8,10,13,16H,3-4,9,11-12,14H2. The summed E-state index contributed by atoms with van der Waals surface area (Å²) in [5, 5.41) is 0.757. The number of ether oxygens (including phenoxy) is 3. The molecular formula is C23H21N3O5. The van der Waals surface area contributed by atoms with Gasteiger partial charge in [0.05, 0.1) is 10.9 Å². The minimum absolute atomic E-state index is 0.0125. The normalized spacial score (nSPS) is 17.5. The third-order valence-electron chi connectivity index (χ3n) is 5.64. The minimum atomic E-state index is -0.252. The van der Waals surface area contributed by atoms with Gasteiger partial charge in [0.25, 0.3) is 5.91 Å². The van der Waals surface area contributed by atoms with Crippen molar-refractivity contribution in [3.63, 3.8) is 0 Å². The third kappa shape index (κ3) is 3.88. The predicted octanol–water partition coefficient (Wildman–Crippen LogP) is 2.86. The molecule has 0 radical (unpaired) electrons. The van der Waals surface area contributed by atoms with Crippen molar-refractivity contribution in [2.75, 3.05) is 26.5 Å². The average Bonchev–Trinajstić information content (AvgIpc) is 3.30. The molecule has 1 unspecified atom stereocenters. The van der Waals surface area contributed by atoms with Crippen LogP contribution in [-0.4, -0.2) is 53.0 Å². The van der Waals surface area contributed by atoms with E-state index in [-0.39, 0.29) is 31.0 Å². The Hall–Kier alpha value is -3.68. The Labute approximate surface area is 178 Å². The molecule has 0 saturated carbocycles. The SMILES string of the molecule is O=C(c1ccc2c(c1)OCO2)C1CCCN(C(=O)COc2ncnc3ccccc23)C1. The molecular weight excluding hydrogens is 398 g/mol. The second kappa shape index (κ2) is 8.22. The Morgan fingerprint density at radius 3 is 2.90 bits per heavy atom. The Kier molecular flexibility index (Phi) is 5.11. The second-order valence-corrected chi connectivity index (χ2v) is 7.60. The molecule has 1 aromatic heterocycles. The first-order valence-corrected chi connectivity index (χ1v) is 10.2. The zero-order valence-electron chi connectivity index (χ0n) is 16.8. The Morgan fingerprint density at radius 1 is 1.10 bits per heavy atom. The molecule has 2 aliphatic heterocycles. The maximum atomic E-state index is 13.0. The fraction of sp³-hybridized carbons (Fsp3) is 0.304. The van der Waals surface area contributed by atoms with E-state index in [0.29, 0.717) is 36.0 Å². The predicted molar refractivity (Wildman–Crippen MR) is 111 cm³/mol. The van der Waals surface area contributed by atoms with Gasteiger partial charge in [0.15, 0.2) is 23.9 Å². The van der Waals surface area contributed by atoms with E-state index in [9.17, 15) is 9.59 Å². The Balaban J connectivity index is 1.23. The van der Waals surface area contributed by atoms with Crippen LogP contribution in [-0.2, 0) is 4.79 Å². The van der Waals surface area contributed by atoms with Gasteiger partial charge in [-0.25, -0.2) is 9.97 Å². The maximum absolute atomic E-state index is 13.0. The van der Waals surface area contributed by atoms with Crippen LogP contribution in [0.25, 0.3) is 10.9 Å². The lowest BCUT2D eigenvalue weighted by molar-refractivity contribution is -0.134. The highest BCUT2D eigenvalue weighted by Gasteiger charge is 2.30. The molecule has 5 rings (SSSR count). The van der Waals surface area contributed by atoms with Crippen molar-refractivity contribution in [1.82, 2.24) is 14.9 Å². The summed E-state index contributed by atoms with van der Waals surface area (Å²) in [5.74, 6) is 1.21. The van der Waals surface area contributed by atoms with Gasteiger partial charge in [0, 0.05) is 24.6 Å². The lowest BCUT2D eigenvalue weighted by Crippen LogP contribution is -2.44. The number of carbonyl (C=O) groups excluding carboxylic acids is 2. The third-order valence-corrected chi connectivity index (χ3v) is 5.64. The second-order valence-electron chi connectivity index (χ2n) is 7.60. The van der Waals surface area contributed by atoms with Crippen LogP contribution >= 0.6 is 0 Å². The summed E-state index contributed by atoms with van der Waals surface area (Å²) >= 11 is 0. The van der Waals surface area contributed by atoms with Gasteiger partial charge in [0.1, 0.15) is 6.33 Å². The number of para-hydroxylation sites is 1. The summed E-state index contributed by atoms with van der Waals surface area (Å²) in [6, 6.07) is 12.7. The summed E-state index contributed by atoms with van der Waals surface area (Å²) in [5.41, 5.74) is 1.33. The molecule has 0 N–H and O–H groups in total. The van der Waals surface area contributed by atoms with Crippen molar-refractivity contribution in [2.45, 2.75) is 12.8 Å². The number of piperidine rings is 1. The molecule has 0 bridgehead atoms.